The van der Waals surface area contributed by atoms with Gasteiger partial charge in [-0.1, -0.05) is 63.1 Å². The van der Waals surface area contributed by atoms with Gasteiger partial charge in [-0.3, -0.25) is 4.79 Å². The van der Waals surface area contributed by atoms with Crippen molar-refractivity contribution in [2.45, 2.75) is 47.5 Å². The van der Waals surface area contributed by atoms with Gasteiger partial charge < -0.3 is 20.3 Å². The van der Waals surface area contributed by atoms with Crippen LogP contribution in [0.2, 0.25) is 0 Å². The minimum atomic E-state index is -0.345. The van der Waals surface area contributed by atoms with Crippen LogP contribution in [0.5, 0.6) is 0 Å². The molecule has 0 aliphatic heterocycles. The maximum atomic E-state index is 12.8. The molecule has 0 saturated heterocycles. The molecular formula is C26H36ClN3O3. The van der Waals surface area contributed by atoms with E-state index in [-0.39, 0.29) is 24.5 Å². The smallest absolute Gasteiger partial charge is 0.323 e. The molecule has 2 aromatic carbocycles. The average molecular weight is 474 g/mol. The summed E-state index contributed by atoms with van der Waals surface area (Å²) in [6.45, 7) is 12.5. The van der Waals surface area contributed by atoms with Gasteiger partial charge in [0.05, 0.1) is 11.4 Å². The molecule has 7 heteroatoms. The van der Waals surface area contributed by atoms with Gasteiger partial charge >= 0.3 is 12.0 Å². The fourth-order valence-electron chi connectivity index (χ4n) is 3.57. The molecule has 0 heterocycles. The number of aryl methyl sites for hydroxylation is 2. The number of ether oxygens (including phenoxy) is 1. The van der Waals surface area contributed by atoms with E-state index in [1.54, 1.807) is 0 Å². The Morgan fingerprint density at radius 2 is 1.61 bits per heavy atom. The van der Waals surface area contributed by atoms with Gasteiger partial charge in [-0.25, -0.2) is 4.79 Å². The van der Waals surface area contributed by atoms with Crippen molar-refractivity contribution in [3.8, 4) is 0 Å². The lowest BCUT2D eigenvalue weighted by Gasteiger charge is -2.30. The summed E-state index contributed by atoms with van der Waals surface area (Å²) < 4.78 is 4.82. The minimum absolute atomic E-state index is 0.150. The molecule has 180 valence electrons. The monoisotopic (exact) mass is 473 g/mol. The highest BCUT2D eigenvalue weighted by Crippen LogP contribution is 2.30. The Bertz CT molecular complexity index is 903. The van der Waals surface area contributed by atoms with Crippen LogP contribution in [0.3, 0.4) is 0 Å². The standard InChI is InChI=1S/C26H36ClN3O3/c1-18(2)15-30(16-19(3)4)24-12-8-21(9-13-25(31)33-17-27)14-23(24)29-26(32)28-22-10-6-20(5)7-11-22/h6-8,10-12,14,18-19H,9,13,15-17H2,1-5H3,(H2,28,29,32). The number of anilines is 3. The third-order valence-corrected chi connectivity index (χ3v) is 5.07. The zero-order valence-electron chi connectivity index (χ0n) is 20.3. The second-order valence-corrected chi connectivity index (χ2v) is 9.33. The molecule has 0 atom stereocenters. The first-order valence-electron chi connectivity index (χ1n) is 11.4. The maximum absolute atomic E-state index is 12.8. The highest BCUT2D eigenvalue weighted by atomic mass is 35.5. The number of rotatable bonds is 11. The third kappa shape index (κ3) is 9.34. The largest absolute Gasteiger partial charge is 0.449 e. The van der Waals surface area contributed by atoms with Crippen molar-refractivity contribution in [2.75, 3.05) is 34.7 Å². The predicted octanol–water partition coefficient (Wildman–Crippen LogP) is 6.43. The molecule has 0 bridgehead atoms. The maximum Gasteiger partial charge on any atom is 0.323 e. The van der Waals surface area contributed by atoms with Crippen molar-refractivity contribution in [3.63, 3.8) is 0 Å². The van der Waals surface area contributed by atoms with E-state index in [0.717, 1.165) is 35.6 Å². The molecule has 0 aliphatic rings. The summed E-state index contributed by atoms with van der Waals surface area (Å²) >= 11 is 5.47. The average Bonchev–Trinajstić information content (AvgIpc) is 2.73. The molecular weight excluding hydrogens is 438 g/mol. The molecule has 0 unspecified atom stereocenters. The number of benzene rings is 2. The van der Waals surface area contributed by atoms with Crippen LogP contribution in [0.1, 0.15) is 45.2 Å². The van der Waals surface area contributed by atoms with E-state index in [1.807, 2.05) is 49.4 Å². The summed E-state index contributed by atoms with van der Waals surface area (Å²) in [5, 5.41) is 5.92. The molecule has 2 N–H and O–H groups in total. The zero-order chi connectivity index (χ0) is 24.4. The Labute approximate surface area is 202 Å². The summed E-state index contributed by atoms with van der Waals surface area (Å²) in [6, 6.07) is 13.1. The molecule has 0 aromatic heterocycles. The lowest BCUT2D eigenvalue weighted by Crippen LogP contribution is -2.32. The number of alkyl halides is 1. The molecule has 2 rings (SSSR count). The van der Waals surface area contributed by atoms with E-state index in [0.29, 0.717) is 23.9 Å². The number of hydrogen-bond donors (Lipinski definition) is 2. The van der Waals surface area contributed by atoms with Crippen LogP contribution in [0.15, 0.2) is 42.5 Å². The second kappa shape index (κ2) is 13.1. The first-order valence-corrected chi connectivity index (χ1v) is 12.0. The molecule has 0 spiro atoms. The molecule has 33 heavy (non-hydrogen) atoms. The van der Waals surface area contributed by atoms with Crippen LogP contribution in [-0.4, -0.2) is 31.2 Å². The van der Waals surface area contributed by atoms with Crippen molar-refractivity contribution in [2.24, 2.45) is 11.8 Å². The van der Waals surface area contributed by atoms with Crippen molar-refractivity contribution in [1.29, 1.82) is 0 Å². The Morgan fingerprint density at radius 1 is 0.970 bits per heavy atom. The lowest BCUT2D eigenvalue weighted by atomic mass is 10.1. The van der Waals surface area contributed by atoms with E-state index in [2.05, 4.69) is 43.2 Å². The number of amides is 2. The number of carbonyl (C=O) groups excluding carboxylic acids is 2. The van der Waals surface area contributed by atoms with Gasteiger partial charge in [-0.2, -0.15) is 0 Å². The molecule has 2 aromatic rings. The number of nitrogens with zero attached hydrogens (tertiary/aromatic N) is 1. The second-order valence-electron chi connectivity index (χ2n) is 9.11. The van der Waals surface area contributed by atoms with Crippen molar-refractivity contribution >= 4 is 40.7 Å². The van der Waals surface area contributed by atoms with Crippen LogP contribution in [0, 0.1) is 18.8 Å². The summed E-state index contributed by atoms with van der Waals surface area (Å²) in [5.74, 6) is 0.577. The van der Waals surface area contributed by atoms with Gasteiger partial charge in [-0.05, 0) is 55.0 Å². The molecule has 0 aliphatic carbocycles. The van der Waals surface area contributed by atoms with Gasteiger partial charge in [0, 0.05) is 25.2 Å². The van der Waals surface area contributed by atoms with Crippen molar-refractivity contribution in [3.05, 3.63) is 53.6 Å². The zero-order valence-corrected chi connectivity index (χ0v) is 21.0. The van der Waals surface area contributed by atoms with E-state index in [4.69, 9.17) is 16.3 Å². The third-order valence-electron chi connectivity index (χ3n) is 4.96. The van der Waals surface area contributed by atoms with Crippen molar-refractivity contribution < 1.29 is 14.3 Å². The molecule has 0 saturated carbocycles. The highest BCUT2D eigenvalue weighted by molar-refractivity contribution is 6.17. The Morgan fingerprint density at radius 3 is 2.18 bits per heavy atom. The SMILES string of the molecule is Cc1ccc(NC(=O)Nc2cc(CCC(=O)OCCl)ccc2N(CC(C)C)CC(C)C)cc1. The Hall–Kier alpha value is -2.73. The number of carbonyl (C=O) groups is 2. The highest BCUT2D eigenvalue weighted by Gasteiger charge is 2.17. The summed E-state index contributed by atoms with van der Waals surface area (Å²) in [4.78, 5) is 26.9. The Balaban J connectivity index is 2.29. The van der Waals surface area contributed by atoms with E-state index < -0.39 is 0 Å². The van der Waals surface area contributed by atoms with E-state index >= 15 is 0 Å². The first-order chi connectivity index (χ1) is 15.7. The summed E-state index contributed by atoms with van der Waals surface area (Å²) in [7, 11) is 0. The van der Waals surface area contributed by atoms with Crippen LogP contribution in [0.25, 0.3) is 0 Å². The van der Waals surface area contributed by atoms with Gasteiger partial charge in [0.2, 0.25) is 0 Å². The molecule has 0 fully saturated rings. The number of urea groups is 1. The van der Waals surface area contributed by atoms with Gasteiger partial charge in [0.1, 0.15) is 0 Å². The van der Waals surface area contributed by atoms with E-state index in [1.165, 1.54) is 0 Å². The number of nitrogens with one attached hydrogen (secondary N) is 2. The molecule has 0 radical (unpaired) electrons. The van der Waals surface area contributed by atoms with Gasteiger partial charge in [0.25, 0.3) is 0 Å². The first kappa shape index (κ1) is 26.5. The van der Waals surface area contributed by atoms with Crippen LogP contribution >= 0.6 is 11.6 Å². The van der Waals surface area contributed by atoms with Crippen LogP contribution < -0.4 is 15.5 Å². The minimum Gasteiger partial charge on any atom is -0.449 e. The van der Waals surface area contributed by atoms with Crippen LogP contribution in [0.4, 0.5) is 21.9 Å². The lowest BCUT2D eigenvalue weighted by molar-refractivity contribution is -0.141. The fourth-order valence-corrected chi connectivity index (χ4v) is 3.69. The molecule has 6 nitrogen and oxygen atoms in total. The Kier molecular flexibility index (Phi) is 10.5. The quantitative estimate of drug-likeness (QED) is 0.291. The number of halogens is 1. The number of hydrogen-bond acceptors (Lipinski definition) is 4. The number of esters is 1. The van der Waals surface area contributed by atoms with Crippen LogP contribution in [-0.2, 0) is 16.0 Å². The van der Waals surface area contributed by atoms with Gasteiger partial charge in [0.15, 0.2) is 6.07 Å². The summed E-state index contributed by atoms with van der Waals surface area (Å²) in [6.07, 6.45) is 0.724. The van der Waals surface area contributed by atoms with Gasteiger partial charge in [-0.15, -0.1) is 0 Å². The fraction of sp³-hybridized carbons (Fsp3) is 0.462. The topological polar surface area (TPSA) is 70.7 Å². The molecule has 2 amide bonds. The summed E-state index contributed by atoms with van der Waals surface area (Å²) in [5.41, 5.74) is 4.46. The van der Waals surface area contributed by atoms with Crippen molar-refractivity contribution in [1.82, 2.24) is 0 Å². The normalized spacial score (nSPS) is 10.9. The predicted molar refractivity (Wildman–Crippen MR) is 137 cm³/mol. The van der Waals surface area contributed by atoms with E-state index in [9.17, 15) is 9.59 Å².